The average Bonchev–Trinajstić information content (AvgIpc) is 2.73. The van der Waals surface area contributed by atoms with Gasteiger partial charge in [0.2, 0.25) is 0 Å². The molecule has 0 saturated heterocycles. The van der Waals surface area contributed by atoms with Gasteiger partial charge in [0.05, 0.1) is 4.34 Å². The number of aryl methyl sites for hydroxylation is 1. The molecule has 88 valence electrons. The molecule has 0 aliphatic heterocycles. The predicted octanol–water partition coefficient (Wildman–Crippen LogP) is 3.54. The maximum Gasteiger partial charge on any atom is 0.138 e. The van der Waals surface area contributed by atoms with E-state index in [1.165, 1.54) is 11.3 Å². The average molecular weight is 266 g/mol. The molecule has 17 heavy (non-hydrogen) atoms. The topological polar surface area (TPSA) is 30.0 Å². The van der Waals surface area contributed by atoms with Gasteiger partial charge in [0.25, 0.3) is 0 Å². The van der Waals surface area contributed by atoms with Crippen molar-refractivity contribution in [3.05, 3.63) is 51.4 Å². The number of carbonyl (C=O) groups is 1. The molecular formula is C13H12ClNOS. The number of hydrogen-bond acceptors (Lipinski definition) is 3. The van der Waals surface area contributed by atoms with Crippen LogP contribution < -0.4 is 0 Å². The van der Waals surface area contributed by atoms with E-state index in [9.17, 15) is 4.79 Å². The van der Waals surface area contributed by atoms with Crippen molar-refractivity contribution in [1.29, 1.82) is 0 Å². The smallest absolute Gasteiger partial charge is 0.138 e. The first-order chi connectivity index (χ1) is 8.24. The van der Waals surface area contributed by atoms with Crippen molar-refractivity contribution in [1.82, 2.24) is 4.98 Å². The number of carbonyl (C=O) groups excluding carboxylic acids is 1. The van der Waals surface area contributed by atoms with Gasteiger partial charge in [-0.2, -0.15) is 0 Å². The number of hydrogen-bond donors (Lipinski definition) is 0. The summed E-state index contributed by atoms with van der Waals surface area (Å²) in [5, 5.41) is 0. The third-order valence-corrected chi connectivity index (χ3v) is 3.65. The van der Waals surface area contributed by atoms with Crippen LogP contribution in [0.25, 0.3) is 0 Å². The number of nitrogens with zero attached hydrogens (tertiary/aromatic N) is 1. The third-order valence-electron chi connectivity index (χ3n) is 2.42. The van der Waals surface area contributed by atoms with Crippen LogP contribution in [0.3, 0.4) is 0 Å². The number of ketones is 1. The summed E-state index contributed by atoms with van der Waals surface area (Å²) in [5.41, 5.74) is 1.10. The highest BCUT2D eigenvalue weighted by molar-refractivity contribution is 7.16. The van der Waals surface area contributed by atoms with Gasteiger partial charge in [0.15, 0.2) is 0 Å². The van der Waals surface area contributed by atoms with Crippen molar-refractivity contribution < 1.29 is 4.79 Å². The molecule has 0 spiro atoms. The molecule has 0 N–H and O–H groups in total. The van der Waals surface area contributed by atoms with E-state index in [2.05, 4.69) is 4.98 Å². The van der Waals surface area contributed by atoms with Crippen molar-refractivity contribution >= 4 is 28.7 Å². The van der Waals surface area contributed by atoms with Gasteiger partial charge in [-0.3, -0.25) is 9.78 Å². The molecule has 0 bridgehead atoms. The van der Waals surface area contributed by atoms with E-state index in [4.69, 9.17) is 11.6 Å². The van der Waals surface area contributed by atoms with Crippen molar-refractivity contribution in [2.24, 2.45) is 0 Å². The van der Waals surface area contributed by atoms with Gasteiger partial charge in [-0.15, -0.1) is 11.3 Å². The van der Waals surface area contributed by atoms with Gasteiger partial charge in [-0.25, -0.2) is 0 Å². The van der Waals surface area contributed by atoms with Crippen molar-refractivity contribution in [3.63, 3.8) is 0 Å². The second-order valence-electron chi connectivity index (χ2n) is 3.78. The van der Waals surface area contributed by atoms with Gasteiger partial charge in [0.1, 0.15) is 5.78 Å². The zero-order valence-corrected chi connectivity index (χ0v) is 10.8. The number of aromatic nitrogens is 1. The maximum absolute atomic E-state index is 11.7. The Bertz CT molecular complexity index is 495. The van der Waals surface area contributed by atoms with E-state index in [-0.39, 0.29) is 5.78 Å². The first-order valence-corrected chi connectivity index (χ1v) is 6.58. The first-order valence-electron chi connectivity index (χ1n) is 5.39. The zero-order chi connectivity index (χ0) is 12.1. The summed E-state index contributed by atoms with van der Waals surface area (Å²) in [6.07, 6.45) is 5.33. The highest BCUT2D eigenvalue weighted by Gasteiger charge is 2.06. The van der Waals surface area contributed by atoms with E-state index in [0.717, 1.165) is 21.2 Å². The van der Waals surface area contributed by atoms with Gasteiger partial charge >= 0.3 is 0 Å². The molecule has 0 unspecified atom stereocenters. The minimum absolute atomic E-state index is 0.243. The van der Waals surface area contributed by atoms with Gasteiger partial charge < -0.3 is 0 Å². The Morgan fingerprint density at radius 2 is 2.24 bits per heavy atom. The Balaban J connectivity index is 1.82. The molecule has 2 heterocycles. The monoisotopic (exact) mass is 265 g/mol. The molecule has 0 aliphatic rings. The molecule has 0 atom stereocenters. The lowest BCUT2D eigenvalue weighted by molar-refractivity contribution is -0.118. The fourth-order valence-electron chi connectivity index (χ4n) is 1.56. The summed E-state index contributed by atoms with van der Waals surface area (Å²) in [4.78, 5) is 16.8. The third kappa shape index (κ3) is 3.95. The minimum Gasteiger partial charge on any atom is -0.299 e. The largest absolute Gasteiger partial charge is 0.299 e. The normalized spacial score (nSPS) is 10.4. The number of rotatable bonds is 5. The van der Waals surface area contributed by atoms with Gasteiger partial charge in [-0.1, -0.05) is 17.7 Å². The fraction of sp³-hybridized carbons (Fsp3) is 0.231. The second kappa shape index (κ2) is 5.94. The minimum atomic E-state index is 0.243. The van der Waals surface area contributed by atoms with Gasteiger partial charge in [-0.05, 0) is 30.2 Å². The fourth-order valence-corrected chi connectivity index (χ4v) is 2.68. The van der Waals surface area contributed by atoms with E-state index in [0.29, 0.717) is 12.8 Å². The quantitative estimate of drug-likeness (QED) is 0.828. The number of halogens is 1. The highest BCUT2D eigenvalue weighted by Crippen LogP contribution is 2.22. The summed E-state index contributed by atoms with van der Waals surface area (Å²) < 4.78 is 0.736. The first kappa shape index (κ1) is 12.3. The molecule has 0 saturated carbocycles. The van der Waals surface area contributed by atoms with Crippen LogP contribution in [0.4, 0.5) is 0 Å². The number of thiophene rings is 1. The molecule has 0 aromatic carbocycles. The van der Waals surface area contributed by atoms with Crippen LogP contribution in [-0.4, -0.2) is 10.8 Å². The van der Waals surface area contributed by atoms with Gasteiger partial charge in [0, 0.05) is 30.1 Å². The molecule has 0 fully saturated rings. The molecule has 4 heteroatoms. The molecule has 0 aliphatic carbocycles. The SMILES string of the molecule is O=C(CCc1cccnc1)Cc1ccc(Cl)s1. The van der Waals surface area contributed by atoms with E-state index < -0.39 is 0 Å². The Labute approximate surface area is 109 Å². The molecule has 2 nitrogen and oxygen atoms in total. The molecular weight excluding hydrogens is 254 g/mol. The van der Waals surface area contributed by atoms with Crippen LogP contribution in [0.5, 0.6) is 0 Å². The molecule has 2 aromatic heterocycles. The Hall–Kier alpha value is -1.19. The summed E-state index contributed by atoms with van der Waals surface area (Å²) in [7, 11) is 0. The number of Topliss-reactive ketones (excluding diaryl/α,β-unsaturated/α-hetero) is 1. The summed E-state index contributed by atoms with van der Waals surface area (Å²) in [6.45, 7) is 0. The maximum atomic E-state index is 11.7. The van der Waals surface area contributed by atoms with Crippen LogP contribution in [-0.2, 0) is 17.6 Å². The van der Waals surface area contributed by atoms with Crippen LogP contribution in [0.2, 0.25) is 4.34 Å². The van der Waals surface area contributed by atoms with Crippen LogP contribution >= 0.6 is 22.9 Å². The van der Waals surface area contributed by atoms with E-state index in [1.54, 1.807) is 12.4 Å². The van der Waals surface area contributed by atoms with E-state index in [1.807, 2.05) is 24.3 Å². The summed E-state index contributed by atoms with van der Waals surface area (Å²) in [6, 6.07) is 7.62. The van der Waals surface area contributed by atoms with Crippen LogP contribution in [0.1, 0.15) is 16.9 Å². The van der Waals surface area contributed by atoms with Crippen molar-refractivity contribution in [2.75, 3.05) is 0 Å². The lowest BCUT2D eigenvalue weighted by Gasteiger charge is -1.99. The molecule has 0 amide bonds. The van der Waals surface area contributed by atoms with E-state index >= 15 is 0 Å². The standard InChI is InChI=1S/C13H12ClNOS/c14-13-6-5-12(17-13)8-11(16)4-3-10-2-1-7-15-9-10/h1-2,5-7,9H,3-4,8H2. The highest BCUT2D eigenvalue weighted by atomic mass is 35.5. The Morgan fingerprint density at radius 1 is 1.35 bits per heavy atom. The predicted molar refractivity (Wildman–Crippen MR) is 70.6 cm³/mol. The van der Waals surface area contributed by atoms with Crippen molar-refractivity contribution in [2.45, 2.75) is 19.3 Å². The molecule has 2 aromatic rings. The van der Waals surface area contributed by atoms with Crippen LogP contribution in [0.15, 0.2) is 36.7 Å². The number of pyridine rings is 1. The summed E-state index contributed by atoms with van der Waals surface area (Å²) >= 11 is 7.29. The zero-order valence-electron chi connectivity index (χ0n) is 9.23. The Kier molecular flexibility index (Phi) is 4.29. The summed E-state index contributed by atoms with van der Waals surface area (Å²) in [5.74, 6) is 0.243. The lowest BCUT2D eigenvalue weighted by Crippen LogP contribution is -2.03. The van der Waals surface area contributed by atoms with Crippen molar-refractivity contribution in [3.8, 4) is 0 Å². The Morgan fingerprint density at radius 3 is 2.88 bits per heavy atom. The van der Waals surface area contributed by atoms with Crippen LogP contribution in [0, 0.1) is 0 Å². The lowest BCUT2D eigenvalue weighted by atomic mass is 10.1. The molecule has 0 radical (unpaired) electrons. The molecule has 2 rings (SSSR count). The second-order valence-corrected chi connectivity index (χ2v) is 5.58.